The van der Waals surface area contributed by atoms with Crippen LogP contribution in [0.5, 0.6) is 5.75 Å². The molecule has 1 aliphatic heterocycles. The number of phenols is 1. The van der Waals surface area contributed by atoms with Crippen LogP contribution in [0, 0.1) is 0 Å². The number of nitrogens with two attached hydrogens (primary N) is 1. The molecule has 0 radical (unpaired) electrons. The van der Waals surface area contributed by atoms with Gasteiger partial charge in [-0.25, -0.2) is 4.79 Å². The molecular formula is C23H29BN2O5. The number of hydrogen-bond donors (Lipinski definition) is 3. The number of nitrogens with one attached hydrogen (secondary N) is 1. The van der Waals surface area contributed by atoms with Crippen molar-refractivity contribution in [1.29, 1.82) is 0 Å². The quantitative estimate of drug-likeness (QED) is 0.369. The molecule has 2 aromatic carbocycles. The normalized spacial score (nSPS) is 17.4. The van der Waals surface area contributed by atoms with Gasteiger partial charge >= 0.3 is 13.2 Å². The topological polar surface area (TPSA) is 103 Å². The van der Waals surface area contributed by atoms with E-state index in [0.717, 1.165) is 5.56 Å². The van der Waals surface area contributed by atoms with Crippen molar-refractivity contribution >= 4 is 25.0 Å². The van der Waals surface area contributed by atoms with Gasteiger partial charge < -0.3 is 30.2 Å². The van der Waals surface area contributed by atoms with Crippen LogP contribution in [0.1, 0.15) is 38.8 Å². The molecular weight excluding hydrogens is 395 g/mol. The molecule has 1 aliphatic rings. The van der Waals surface area contributed by atoms with Crippen LogP contribution in [0.25, 0.3) is 6.08 Å². The maximum absolute atomic E-state index is 12.3. The first-order chi connectivity index (χ1) is 14.6. The molecule has 0 aromatic heterocycles. The van der Waals surface area contributed by atoms with E-state index in [2.05, 4.69) is 5.32 Å². The number of ether oxygens (including phenoxy) is 1. The molecule has 1 amide bonds. The van der Waals surface area contributed by atoms with Crippen LogP contribution in [0.3, 0.4) is 0 Å². The molecule has 0 atom stereocenters. The van der Waals surface area contributed by atoms with E-state index in [4.69, 9.17) is 19.8 Å². The molecule has 0 unspecified atom stereocenters. The Morgan fingerprint density at radius 2 is 1.77 bits per heavy atom. The average Bonchev–Trinajstić information content (AvgIpc) is 2.94. The standard InChI is InChI=1S/C23H29BN2O5/c1-22(2)23(3,4)31-24(30-22)18(12-17-13-19(25)10-11-20(17)27)14-26-21(28)29-15-16-8-6-5-7-9-16/h5-13,27H,14-15,25H2,1-4H3,(H,26,28). The SMILES string of the molecule is CC1(C)OB(C(=Cc2cc(N)ccc2O)CNC(=O)OCc2ccccc2)OC1(C)C. The van der Waals surface area contributed by atoms with Gasteiger partial charge in [0.1, 0.15) is 12.4 Å². The molecule has 31 heavy (non-hydrogen) atoms. The molecule has 3 rings (SSSR count). The molecule has 4 N–H and O–H groups in total. The highest BCUT2D eigenvalue weighted by Crippen LogP contribution is 2.39. The first-order valence-electron chi connectivity index (χ1n) is 10.2. The van der Waals surface area contributed by atoms with Gasteiger partial charge in [0.15, 0.2) is 0 Å². The average molecular weight is 424 g/mol. The number of anilines is 1. The Hall–Kier alpha value is -2.97. The third-order valence-corrected chi connectivity index (χ3v) is 5.60. The monoisotopic (exact) mass is 424 g/mol. The first kappa shape index (κ1) is 22.7. The minimum absolute atomic E-state index is 0.0647. The summed E-state index contributed by atoms with van der Waals surface area (Å²) in [6.07, 6.45) is 1.15. The minimum Gasteiger partial charge on any atom is -0.507 e. The van der Waals surface area contributed by atoms with E-state index in [1.54, 1.807) is 18.2 Å². The highest BCUT2D eigenvalue weighted by Gasteiger charge is 2.52. The third kappa shape index (κ3) is 5.59. The Morgan fingerprint density at radius 3 is 2.42 bits per heavy atom. The van der Waals surface area contributed by atoms with Gasteiger partial charge in [-0.3, -0.25) is 0 Å². The Bertz CT molecular complexity index is 944. The van der Waals surface area contributed by atoms with Crippen molar-refractivity contribution in [2.24, 2.45) is 0 Å². The van der Waals surface area contributed by atoms with Crippen molar-refractivity contribution in [3.63, 3.8) is 0 Å². The Kier molecular flexibility index (Phi) is 6.62. The largest absolute Gasteiger partial charge is 0.507 e. The molecule has 2 aromatic rings. The second kappa shape index (κ2) is 9.04. The summed E-state index contributed by atoms with van der Waals surface area (Å²) in [6, 6.07) is 14.2. The van der Waals surface area contributed by atoms with Gasteiger partial charge in [-0.1, -0.05) is 36.4 Å². The highest BCUT2D eigenvalue weighted by atomic mass is 16.7. The smallest absolute Gasteiger partial charge is 0.492 e. The van der Waals surface area contributed by atoms with Crippen molar-refractivity contribution in [2.45, 2.75) is 45.5 Å². The third-order valence-electron chi connectivity index (χ3n) is 5.60. The molecule has 1 fully saturated rings. The maximum Gasteiger partial charge on any atom is 0.492 e. The zero-order valence-electron chi connectivity index (χ0n) is 18.3. The number of carbonyl (C=O) groups excluding carboxylic acids is 1. The Labute approximate surface area is 183 Å². The number of phenolic OH excluding ortho intramolecular Hbond substituents is 1. The zero-order chi connectivity index (χ0) is 22.6. The summed E-state index contributed by atoms with van der Waals surface area (Å²) in [6.45, 7) is 8.07. The van der Waals surface area contributed by atoms with Gasteiger partial charge in [-0.2, -0.15) is 0 Å². The molecule has 0 saturated carbocycles. The molecule has 0 spiro atoms. The second-order valence-electron chi connectivity index (χ2n) is 8.54. The van der Waals surface area contributed by atoms with Crippen molar-refractivity contribution in [3.05, 3.63) is 65.1 Å². The predicted molar refractivity (Wildman–Crippen MR) is 121 cm³/mol. The fourth-order valence-corrected chi connectivity index (χ4v) is 3.03. The molecule has 1 heterocycles. The van der Waals surface area contributed by atoms with Gasteiger partial charge in [0, 0.05) is 17.8 Å². The van der Waals surface area contributed by atoms with Crippen LogP contribution < -0.4 is 11.1 Å². The van der Waals surface area contributed by atoms with E-state index >= 15 is 0 Å². The summed E-state index contributed by atoms with van der Waals surface area (Å²) in [4.78, 5) is 12.3. The summed E-state index contributed by atoms with van der Waals surface area (Å²) in [5.41, 5.74) is 7.29. The summed E-state index contributed by atoms with van der Waals surface area (Å²) in [7, 11) is -0.708. The summed E-state index contributed by atoms with van der Waals surface area (Å²) in [5.74, 6) is 0.0647. The number of aromatic hydroxyl groups is 1. The van der Waals surface area contributed by atoms with Crippen LogP contribution >= 0.6 is 0 Å². The van der Waals surface area contributed by atoms with Crippen molar-refractivity contribution < 1.29 is 23.9 Å². The fraction of sp³-hybridized carbons (Fsp3) is 0.348. The summed E-state index contributed by atoms with van der Waals surface area (Å²) < 4.78 is 17.6. The van der Waals surface area contributed by atoms with Crippen molar-refractivity contribution in [1.82, 2.24) is 5.32 Å². The van der Waals surface area contributed by atoms with Crippen molar-refractivity contribution in [2.75, 3.05) is 12.3 Å². The molecule has 164 valence electrons. The molecule has 0 aliphatic carbocycles. The number of nitrogen functional groups attached to an aromatic ring is 1. The maximum atomic E-state index is 12.3. The zero-order valence-corrected chi connectivity index (χ0v) is 18.3. The van der Waals surface area contributed by atoms with Crippen LogP contribution in [-0.4, -0.2) is 36.1 Å². The van der Waals surface area contributed by atoms with Crippen LogP contribution in [0.4, 0.5) is 10.5 Å². The first-order valence-corrected chi connectivity index (χ1v) is 10.2. The van der Waals surface area contributed by atoms with Crippen molar-refractivity contribution in [3.8, 4) is 5.75 Å². The van der Waals surface area contributed by atoms with Crippen LogP contribution in [0.2, 0.25) is 0 Å². The van der Waals surface area contributed by atoms with Crippen LogP contribution in [-0.2, 0) is 20.7 Å². The number of alkyl carbamates (subject to hydrolysis) is 1. The van der Waals surface area contributed by atoms with E-state index in [-0.39, 0.29) is 18.9 Å². The lowest BCUT2D eigenvalue weighted by Gasteiger charge is -2.32. The Morgan fingerprint density at radius 1 is 1.13 bits per heavy atom. The van der Waals surface area contributed by atoms with E-state index in [0.29, 0.717) is 16.7 Å². The second-order valence-corrected chi connectivity index (χ2v) is 8.54. The van der Waals surface area contributed by atoms with Crippen LogP contribution in [0.15, 0.2) is 54.0 Å². The summed E-state index contributed by atoms with van der Waals surface area (Å²) >= 11 is 0. The van der Waals surface area contributed by atoms with Gasteiger partial charge in [-0.15, -0.1) is 0 Å². The molecule has 7 nitrogen and oxygen atoms in total. The molecule has 0 bridgehead atoms. The highest BCUT2D eigenvalue weighted by molar-refractivity contribution is 6.56. The lowest BCUT2D eigenvalue weighted by Crippen LogP contribution is -2.41. The van der Waals surface area contributed by atoms with Gasteiger partial charge in [0.25, 0.3) is 0 Å². The number of rotatable bonds is 6. The Balaban J connectivity index is 1.75. The molecule has 8 heteroatoms. The lowest BCUT2D eigenvalue weighted by atomic mass is 9.77. The number of benzene rings is 2. The lowest BCUT2D eigenvalue weighted by molar-refractivity contribution is 0.00578. The van der Waals surface area contributed by atoms with Gasteiger partial charge in [-0.05, 0) is 56.9 Å². The number of amides is 1. The van der Waals surface area contributed by atoms with E-state index in [9.17, 15) is 9.90 Å². The predicted octanol–water partition coefficient (Wildman–Crippen LogP) is 3.92. The van der Waals surface area contributed by atoms with E-state index < -0.39 is 24.4 Å². The number of hydrogen-bond acceptors (Lipinski definition) is 6. The van der Waals surface area contributed by atoms with E-state index in [1.165, 1.54) is 6.07 Å². The van der Waals surface area contributed by atoms with Gasteiger partial charge in [0.2, 0.25) is 0 Å². The minimum atomic E-state index is -0.708. The summed E-state index contributed by atoms with van der Waals surface area (Å²) in [5, 5.41) is 13.0. The van der Waals surface area contributed by atoms with E-state index in [1.807, 2.05) is 58.0 Å². The fourth-order valence-electron chi connectivity index (χ4n) is 3.03. The molecule has 1 saturated heterocycles. The van der Waals surface area contributed by atoms with Gasteiger partial charge in [0.05, 0.1) is 11.2 Å². The number of carbonyl (C=O) groups is 1.